The van der Waals surface area contributed by atoms with Gasteiger partial charge in [0.2, 0.25) is 11.6 Å². The minimum absolute atomic E-state index is 0.0116. The van der Waals surface area contributed by atoms with Crippen molar-refractivity contribution in [1.29, 1.82) is 5.41 Å². The van der Waals surface area contributed by atoms with Gasteiger partial charge in [0.05, 0.1) is 0 Å². The van der Waals surface area contributed by atoms with Crippen LogP contribution in [0.25, 0.3) is 0 Å². The summed E-state index contributed by atoms with van der Waals surface area (Å²) in [5, 5.41) is 14.1. The van der Waals surface area contributed by atoms with Crippen LogP contribution < -0.4 is 27.8 Å². The van der Waals surface area contributed by atoms with Crippen molar-refractivity contribution in [3.63, 3.8) is 0 Å². The number of nitrogens with two attached hydrogens (primary N) is 3. The van der Waals surface area contributed by atoms with E-state index < -0.39 is 77.5 Å². The molecule has 0 unspecified atom stereocenters. The zero-order chi connectivity index (χ0) is 35.5. The summed E-state index contributed by atoms with van der Waals surface area (Å²) in [7, 11) is 0. The fraction of sp³-hybridized carbons (Fsp3) is 0.733. The number of hydrogen-bond acceptors (Lipinski definition) is 10. The first-order valence-corrected chi connectivity index (χ1v) is 16.4. The molecule has 0 saturated carbocycles. The number of morpholine rings is 2. The van der Waals surface area contributed by atoms with Gasteiger partial charge >= 0.3 is 0 Å². The Morgan fingerprint density at radius 1 is 0.854 bits per heavy atom. The fourth-order valence-electron chi connectivity index (χ4n) is 6.40. The standard InChI is InChI=1S/C30H48N10O8/c1-15(2)13-17(39-23(42)18-19(47-18)24(39)43)22(41)35-9-7-8-12-38(29(33)34)30(14-16(3)4,40-25(44)20-21(48-20)26(40)45)27(46)36-10-5-6-11-37-28(31)32/h15-21H,5-14H2,1-4H3,(H3,33,34)(H,35,41)(H,36,46)(H4,31,32,37)/t17-,18-,19-,20-,21-,30+/m0/s1. The highest BCUT2D eigenvalue weighted by Gasteiger charge is 2.69. The van der Waals surface area contributed by atoms with Crippen molar-refractivity contribution in [2.45, 2.75) is 102 Å². The van der Waals surface area contributed by atoms with Crippen LogP contribution in [0.15, 0.2) is 4.99 Å². The summed E-state index contributed by atoms with van der Waals surface area (Å²) in [6.45, 7) is 8.10. The number of nitrogens with one attached hydrogen (secondary N) is 3. The Morgan fingerprint density at radius 3 is 1.92 bits per heavy atom. The topological polar surface area (TPSA) is 276 Å². The maximum atomic E-state index is 14.1. The average Bonchev–Trinajstić information content (AvgIpc) is 3.91. The molecule has 4 rings (SSSR count). The highest BCUT2D eigenvalue weighted by atomic mass is 16.6. The van der Waals surface area contributed by atoms with E-state index in [-0.39, 0.29) is 50.3 Å². The van der Waals surface area contributed by atoms with Crippen LogP contribution in [0.5, 0.6) is 0 Å². The van der Waals surface area contributed by atoms with E-state index in [9.17, 15) is 28.8 Å². The second-order valence-electron chi connectivity index (χ2n) is 13.4. The number of carbonyl (C=O) groups excluding carboxylic acids is 6. The zero-order valence-corrected chi connectivity index (χ0v) is 27.9. The second-order valence-corrected chi connectivity index (χ2v) is 13.4. The molecule has 0 aromatic carbocycles. The van der Waals surface area contributed by atoms with Crippen molar-refractivity contribution >= 4 is 47.4 Å². The van der Waals surface area contributed by atoms with E-state index in [1.807, 2.05) is 27.7 Å². The third-order valence-electron chi connectivity index (χ3n) is 8.62. The van der Waals surface area contributed by atoms with Crippen molar-refractivity contribution in [3.05, 3.63) is 0 Å². The molecule has 4 aliphatic heterocycles. The third-order valence-corrected chi connectivity index (χ3v) is 8.62. The molecule has 18 nitrogen and oxygen atoms in total. The molecule has 0 radical (unpaired) electrons. The number of rotatable bonds is 19. The van der Waals surface area contributed by atoms with Crippen molar-refractivity contribution in [1.82, 2.24) is 25.3 Å². The number of unbranched alkanes of at least 4 members (excludes halogenated alkanes) is 2. The Bertz CT molecular complexity index is 1310. The van der Waals surface area contributed by atoms with E-state index in [0.717, 1.165) is 9.80 Å². The lowest BCUT2D eigenvalue weighted by Gasteiger charge is -2.48. The Labute approximate surface area is 278 Å². The van der Waals surface area contributed by atoms with Crippen molar-refractivity contribution in [3.8, 4) is 0 Å². The number of carbonyl (C=O) groups is 6. The Kier molecular flexibility index (Phi) is 11.3. The molecule has 6 amide bonds. The third kappa shape index (κ3) is 7.53. The number of guanidine groups is 2. The molecular weight excluding hydrogens is 628 g/mol. The van der Waals surface area contributed by atoms with E-state index >= 15 is 0 Å². The van der Waals surface area contributed by atoms with E-state index in [1.54, 1.807) is 0 Å². The van der Waals surface area contributed by atoms with Crippen molar-refractivity contribution in [2.24, 2.45) is 34.0 Å². The number of fused-ring (bicyclic) bond motifs is 2. The molecule has 9 N–H and O–H groups in total. The Morgan fingerprint density at radius 2 is 1.40 bits per heavy atom. The summed E-state index contributed by atoms with van der Waals surface area (Å²) in [5.41, 5.74) is 14.9. The van der Waals surface area contributed by atoms with E-state index in [0.29, 0.717) is 32.2 Å². The lowest BCUT2D eigenvalue weighted by molar-refractivity contribution is -0.169. The number of aliphatic imine (C=N–C) groups is 1. The molecule has 4 saturated heterocycles. The smallest absolute Gasteiger partial charge is 0.267 e. The first-order valence-electron chi connectivity index (χ1n) is 16.4. The van der Waals surface area contributed by atoms with Gasteiger partial charge in [0, 0.05) is 32.6 Å². The van der Waals surface area contributed by atoms with Crippen LogP contribution in [-0.2, 0) is 38.2 Å². The van der Waals surface area contributed by atoms with Gasteiger partial charge in [-0.3, -0.25) is 44.1 Å². The van der Waals surface area contributed by atoms with Crippen LogP contribution in [0.4, 0.5) is 0 Å². The zero-order valence-electron chi connectivity index (χ0n) is 27.9. The molecule has 0 aromatic rings. The molecule has 18 heteroatoms. The summed E-state index contributed by atoms with van der Waals surface area (Å²) in [5.74, 6) is -4.26. The van der Waals surface area contributed by atoms with Gasteiger partial charge in [0.1, 0.15) is 6.04 Å². The molecule has 48 heavy (non-hydrogen) atoms. The summed E-state index contributed by atoms with van der Waals surface area (Å²) >= 11 is 0. The van der Waals surface area contributed by atoms with Gasteiger partial charge in [-0.15, -0.1) is 0 Å². The van der Waals surface area contributed by atoms with E-state index in [4.69, 9.17) is 32.1 Å². The highest BCUT2D eigenvalue weighted by molar-refractivity contribution is 6.15. The molecule has 4 aliphatic rings. The first-order chi connectivity index (χ1) is 22.6. The summed E-state index contributed by atoms with van der Waals surface area (Å²) in [6.07, 6.45) is -1.61. The van der Waals surface area contributed by atoms with Crippen LogP contribution in [-0.4, -0.2) is 124 Å². The minimum atomic E-state index is -1.95. The maximum absolute atomic E-state index is 14.1. The second kappa shape index (κ2) is 14.8. The number of nitrogens with zero attached hydrogens (tertiary/aromatic N) is 4. The summed E-state index contributed by atoms with van der Waals surface area (Å²) in [4.78, 5) is 86.4. The van der Waals surface area contributed by atoms with E-state index in [2.05, 4.69) is 15.6 Å². The monoisotopic (exact) mass is 676 g/mol. The minimum Gasteiger partial charge on any atom is -0.370 e. The van der Waals surface area contributed by atoms with Gasteiger partial charge in [-0.25, -0.2) is 4.90 Å². The molecule has 4 fully saturated rings. The number of ether oxygens (including phenoxy) is 2. The molecule has 0 aliphatic carbocycles. The number of likely N-dealkylation sites (tertiary alicyclic amines) is 2. The highest BCUT2D eigenvalue weighted by Crippen LogP contribution is 2.41. The maximum Gasteiger partial charge on any atom is 0.267 e. The predicted molar refractivity (Wildman–Crippen MR) is 170 cm³/mol. The van der Waals surface area contributed by atoms with Gasteiger partial charge in [-0.1, -0.05) is 27.7 Å². The largest absolute Gasteiger partial charge is 0.370 e. The van der Waals surface area contributed by atoms with E-state index in [1.165, 1.54) is 4.90 Å². The molecule has 0 aromatic heterocycles. The molecule has 0 spiro atoms. The molecule has 4 heterocycles. The number of imide groups is 2. The number of epoxide rings is 2. The quantitative estimate of drug-likeness (QED) is 0.0277. The lowest BCUT2D eigenvalue weighted by atomic mass is 9.91. The van der Waals surface area contributed by atoms with Gasteiger partial charge < -0.3 is 42.2 Å². The molecule has 266 valence electrons. The van der Waals surface area contributed by atoms with Gasteiger partial charge in [-0.2, -0.15) is 0 Å². The van der Waals surface area contributed by atoms with Gasteiger partial charge in [-0.05, 0) is 43.9 Å². The van der Waals surface area contributed by atoms with Gasteiger partial charge in [0.15, 0.2) is 36.3 Å². The van der Waals surface area contributed by atoms with Crippen LogP contribution in [0, 0.1) is 17.2 Å². The van der Waals surface area contributed by atoms with Gasteiger partial charge in [0.25, 0.3) is 29.5 Å². The van der Waals surface area contributed by atoms with Crippen molar-refractivity contribution in [2.75, 3.05) is 26.2 Å². The predicted octanol–water partition coefficient (Wildman–Crippen LogP) is -2.32. The van der Waals surface area contributed by atoms with Crippen LogP contribution in [0.1, 0.15) is 66.2 Å². The Balaban J connectivity index is 1.46. The van der Waals surface area contributed by atoms with Crippen molar-refractivity contribution < 1.29 is 38.2 Å². The molecule has 0 bridgehead atoms. The first kappa shape index (κ1) is 36.5. The number of hydrogen-bond donors (Lipinski definition) is 6. The van der Waals surface area contributed by atoms with Crippen LogP contribution >= 0.6 is 0 Å². The summed E-state index contributed by atoms with van der Waals surface area (Å²) < 4.78 is 10.3. The SMILES string of the molecule is CC(C)C[C@@H](C(=O)NCCCCN(C(=N)N)[C@@](CC(C)C)(C(=O)NCCCCN=C(N)N)N1C(=O)[C@H]2O[C@@H]2C1=O)N1C(=O)[C@H]2O[C@@H]2C1=O. The molecular formula is C30H48N10O8. The molecule has 6 atom stereocenters. The lowest BCUT2D eigenvalue weighted by Crippen LogP contribution is -2.73. The van der Waals surface area contributed by atoms with Crippen LogP contribution in [0.2, 0.25) is 0 Å². The Hall–Kier alpha value is -4.32. The summed E-state index contributed by atoms with van der Waals surface area (Å²) in [6, 6.07) is -0.974. The van der Waals surface area contributed by atoms with Crippen LogP contribution in [0.3, 0.4) is 0 Å². The normalized spacial score (nSPS) is 24.3. The fourth-order valence-corrected chi connectivity index (χ4v) is 6.40. The number of amides is 6. The average molecular weight is 677 g/mol.